The number of benzene rings is 5. The molecule has 5 aromatic carbocycles. The van der Waals surface area contributed by atoms with Gasteiger partial charge in [-0.3, -0.25) is 9.13 Å². The van der Waals surface area contributed by atoms with Gasteiger partial charge in [0.15, 0.2) is 0 Å². The first-order chi connectivity index (χ1) is 17.4. The first-order valence-electron chi connectivity index (χ1n) is 11.8. The number of hydrogen-bond acceptors (Lipinski definition) is 2. The predicted molar refractivity (Wildman–Crippen MR) is 143 cm³/mol. The Morgan fingerprint density at radius 2 is 1.23 bits per heavy atom. The minimum atomic E-state index is 0.862. The van der Waals surface area contributed by atoms with Crippen LogP contribution in [0.25, 0.3) is 66.4 Å². The number of para-hydroxylation sites is 5. The van der Waals surface area contributed by atoms with Crippen LogP contribution in [0.3, 0.4) is 0 Å². The zero-order chi connectivity index (χ0) is 22.9. The largest absolute Gasteiger partial charge is 0.456 e. The molecule has 3 aromatic heterocycles. The van der Waals surface area contributed by atoms with E-state index >= 15 is 0 Å². The van der Waals surface area contributed by atoms with Crippen LogP contribution in [0.1, 0.15) is 0 Å². The van der Waals surface area contributed by atoms with Crippen molar-refractivity contribution in [3.8, 4) is 11.6 Å². The van der Waals surface area contributed by atoms with Gasteiger partial charge in [-0.25, -0.2) is 4.98 Å². The van der Waals surface area contributed by atoms with Crippen molar-refractivity contribution in [1.29, 1.82) is 0 Å². The van der Waals surface area contributed by atoms with E-state index < -0.39 is 0 Å². The quantitative estimate of drug-likeness (QED) is 0.268. The number of furan rings is 1. The topological polar surface area (TPSA) is 35.9 Å². The molecule has 0 N–H and O–H groups in total. The molecule has 35 heavy (non-hydrogen) atoms. The fourth-order valence-electron chi connectivity index (χ4n) is 5.47. The van der Waals surface area contributed by atoms with Crippen LogP contribution >= 0.6 is 0 Å². The van der Waals surface area contributed by atoms with E-state index in [1.807, 2.05) is 24.3 Å². The van der Waals surface area contributed by atoms with Crippen LogP contribution in [-0.2, 0) is 0 Å². The lowest BCUT2D eigenvalue weighted by atomic mass is 10.1. The lowest BCUT2D eigenvalue weighted by molar-refractivity contribution is 0.669. The normalized spacial score (nSPS) is 12.0. The maximum Gasteiger partial charge on any atom is 0.220 e. The molecule has 0 atom stereocenters. The number of fused-ring (bicyclic) bond motifs is 8. The average molecular weight is 450 g/mol. The molecular formula is C31H19N3O. The zero-order valence-electron chi connectivity index (χ0n) is 18.7. The van der Waals surface area contributed by atoms with Crippen LogP contribution in [0.5, 0.6) is 0 Å². The van der Waals surface area contributed by atoms with Gasteiger partial charge in [-0.1, -0.05) is 66.7 Å². The average Bonchev–Trinajstić information content (AvgIpc) is 3.58. The van der Waals surface area contributed by atoms with E-state index in [1.165, 1.54) is 10.8 Å². The summed E-state index contributed by atoms with van der Waals surface area (Å²) >= 11 is 0. The molecule has 8 rings (SSSR count). The summed E-state index contributed by atoms with van der Waals surface area (Å²) in [5.74, 6) is 0.862. The van der Waals surface area contributed by atoms with Crippen LogP contribution in [0, 0.1) is 0 Å². The third-order valence-electron chi connectivity index (χ3n) is 6.93. The molecule has 0 bridgehead atoms. The van der Waals surface area contributed by atoms with Crippen molar-refractivity contribution in [2.45, 2.75) is 0 Å². The zero-order valence-corrected chi connectivity index (χ0v) is 18.7. The van der Waals surface area contributed by atoms with Gasteiger partial charge in [0.25, 0.3) is 0 Å². The van der Waals surface area contributed by atoms with Crippen LogP contribution in [0.2, 0.25) is 0 Å². The van der Waals surface area contributed by atoms with Gasteiger partial charge in [0.2, 0.25) is 5.95 Å². The molecule has 4 nitrogen and oxygen atoms in total. The Balaban J connectivity index is 1.64. The summed E-state index contributed by atoms with van der Waals surface area (Å²) in [4.78, 5) is 5.20. The van der Waals surface area contributed by atoms with Gasteiger partial charge >= 0.3 is 0 Å². The highest BCUT2D eigenvalue weighted by Gasteiger charge is 2.22. The number of imidazole rings is 1. The Morgan fingerprint density at radius 3 is 2.11 bits per heavy atom. The van der Waals surface area contributed by atoms with Crippen LogP contribution in [0.4, 0.5) is 0 Å². The molecule has 0 spiro atoms. The lowest BCUT2D eigenvalue weighted by Gasteiger charge is -2.12. The van der Waals surface area contributed by atoms with Crippen molar-refractivity contribution in [3.05, 3.63) is 115 Å². The second-order valence-corrected chi connectivity index (χ2v) is 8.86. The summed E-state index contributed by atoms with van der Waals surface area (Å²) in [6.07, 6.45) is 0. The Kier molecular flexibility index (Phi) is 3.63. The molecule has 0 aliphatic heterocycles. The van der Waals surface area contributed by atoms with Crippen LogP contribution in [0.15, 0.2) is 120 Å². The van der Waals surface area contributed by atoms with E-state index in [2.05, 4.69) is 100 Å². The lowest BCUT2D eigenvalue weighted by Crippen LogP contribution is -2.05. The Labute approximate surface area is 200 Å². The van der Waals surface area contributed by atoms with E-state index in [0.29, 0.717) is 0 Å². The van der Waals surface area contributed by atoms with Gasteiger partial charge in [0.05, 0.1) is 27.5 Å². The van der Waals surface area contributed by atoms with Crippen molar-refractivity contribution in [2.24, 2.45) is 0 Å². The van der Waals surface area contributed by atoms with Gasteiger partial charge in [-0.05, 0) is 48.5 Å². The summed E-state index contributed by atoms with van der Waals surface area (Å²) in [5.41, 5.74) is 7.11. The maximum atomic E-state index is 6.28. The molecule has 3 heterocycles. The molecule has 8 aromatic rings. The summed E-state index contributed by atoms with van der Waals surface area (Å²) in [6.45, 7) is 0. The van der Waals surface area contributed by atoms with Gasteiger partial charge < -0.3 is 4.42 Å². The minimum Gasteiger partial charge on any atom is -0.456 e. The smallest absolute Gasteiger partial charge is 0.220 e. The summed E-state index contributed by atoms with van der Waals surface area (Å²) in [5, 5.41) is 4.60. The summed E-state index contributed by atoms with van der Waals surface area (Å²) in [6, 6.07) is 39.9. The van der Waals surface area contributed by atoms with Crippen LogP contribution in [-0.4, -0.2) is 14.1 Å². The van der Waals surface area contributed by atoms with E-state index in [4.69, 9.17) is 9.40 Å². The predicted octanol–water partition coefficient (Wildman–Crippen LogP) is 8.02. The molecule has 0 amide bonds. The van der Waals surface area contributed by atoms with Crippen molar-refractivity contribution in [3.63, 3.8) is 0 Å². The molecular weight excluding hydrogens is 430 g/mol. The molecule has 0 aliphatic rings. The number of rotatable bonds is 2. The third kappa shape index (κ3) is 2.48. The number of hydrogen-bond donors (Lipinski definition) is 0. The minimum absolute atomic E-state index is 0.862. The molecule has 0 unspecified atom stereocenters. The standard InChI is InChI=1S/C31H19N3O/c1-2-10-20(11-3-1)33-26-16-8-6-14-24(26)32-31(33)34-25-15-7-4-12-21(25)22-18-19-28-29(30(22)34)23-13-5-9-17-27(23)35-28/h1-19H. The Morgan fingerprint density at radius 1 is 0.514 bits per heavy atom. The molecule has 0 fully saturated rings. The molecule has 164 valence electrons. The van der Waals surface area contributed by atoms with E-state index in [0.717, 1.165) is 55.6 Å². The maximum absolute atomic E-state index is 6.28. The highest BCUT2D eigenvalue weighted by atomic mass is 16.3. The molecule has 0 saturated carbocycles. The first kappa shape index (κ1) is 18.6. The molecule has 0 saturated heterocycles. The van der Waals surface area contributed by atoms with Gasteiger partial charge in [-0.15, -0.1) is 0 Å². The van der Waals surface area contributed by atoms with E-state index in [9.17, 15) is 0 Å². The van der Waals surface area contributed by atoms with Crippen molar-refractivity contribution < 1.29 is 4.42 Å². The Hall–Kier alpha value is -4.83. The second-order valence-electron chi connectivity index (χ2n) is 8.86. The Bertz CT molecular complexity index is 2060. The molecule has 0 radical (unpaired) electrons. The highest BCUT2D eigenvalue weighted by molar-refractivity contribution is 6.24. The van der Waals surface area contributed by atoms with Crippen molar-refractivity contribution >= 4 is 54.8 Å². The molecule has 4 heteroatoms. The number of nitrogens with zero attached hydrogens (tertiary/aromatic N) is 3. The second kappa shape index (κ2) is 6.84. The fraction of sp³-hybridized carbons (Fsp3) is 0. The first-order valence-corrected chi connectivity index (χ1v) is 11.8. The molecule has 0 aliphatic carbocycles. The van der Waals surface area contributed by atoms with E-state index in [1.54, 1.807) is 0 Å². The van der Waals surface area contributed by atoms with Gasteiger partial charge in [0, 0.05) is 21.8 Å². The van der Waals surface area contributed by atoms with Gasteiger partial charge in [-0.2, -0.15) is 0 Å². The van der Waals surface area contributed by atoms with E-state index in [-0.39, 0.29) is 0 Å². The summed E-state index contributed by atoms with van der Waals surface area (Å²) in [7, 11) is 0. The SMILES string of the molecule is c1ccc(-n2c(-n3c4ccccc4c4ccc5oc6ccccc6c5c43)nc3ccccc32)cc1. The van der Waals surface area contributed by atoms with Crippen LogP contribution < -0.4 is 0 Å². The number of aromatic nitrogens is 3. The fourth-order valence-corrected chi connectivity index (χ4v) is 5.47. The van der Waals surface area contributed by atoms with Crippen molar-refractivity contribution in [2.75, 3.05) is 0 Å². The monoisotopic (exact) mass is 449 g/mol. The van der Waals surface area contributed by atoms with Gasteiger partial charge in [0.1, 0.15) is 11.2 Å². The highest BCUT2D eigenvalue weighted by Crippen LogP contribution is 2.41. The van der Waals surface area contributed by atoms with Crippen molar-refractivity contribution in [1.82, 2.24) is 14.1 Å². The third-order valence-corrected chi connectivity index (χ3v) is 6.93. The summed E-state index contributed by atoms with van der Waals surface area (Å²) < 4.78 is 10.8.